The largest absolute Gasteiger partial charge is 0.495 e. The van der Waals surface area contributed by atoms with Gasteiger partial charge in [-0.15, -0.1) is 0 Å². The van der Waals surface area contributed by atoms with Crippen molar-refractivity contribution in [2.75, 3.05) is 26.7 Å². The lowest BCUT2D eigenvalue weighted by Crippen LogP contribution is -2.42. The highest BCUT2D eigenvalue weighted by Crippen LogP contribution is 2.28. The van der Waals surface area contributed by atoms with Crippen molar-refractivity contribution in [3.63, 3.8) is 0 Å². The van der Waals surface area contributed by atoms with Crippen LogP contribution in [0.5, 0.6) is 5.75 Å². The van der Waals surface area contributed by atoms with Crippen LogP contribution in [-0.2, 0) is 16.4 Å². The first kappa shape index (κ1) is 19.6. The first-order valence-corrected chi connectivity index (χ1v) is 11.4. The summed E-state index contributed by atoms with van der Waals surface area (Å²) in [5.74, 6) is 0.827. The van der Waals surface area contributed by atoms with Crippen molar-refractivity contribution in [3.8, 4) is 5.75 Å². The van der Waals surface area contributed by atoms with Gasteiger partial charge in [0, 0.05) is 12.6 Å². The number of likely N-dealkylation sites (tertiary alicyclic amines) is 1. The molecule has 0 atom stereocenters. The topological polar surface area (TPSA) is 58.6 Å². The van der Waals surface area contributed by atoms with Gasteiger partial charge in [-0.3, -0.25) is 0 Å². The summed E-state index contributed by atoms with van der Waals surface area (Å²) in [6.07, 6.45) is 8.35. The molecule has 1 saturated carbocycles. The lowest BCUT2D eigenvalue weighted by Gasteiger charge is -2.36. The summed E-state index contributed by atoms with van der Waals surface area (Å²) in [6.45, 7) is 4.74. The van der Waals surface area contributed by atoms with Crippen molar-refractivity contribution in [1.29, 1.82) is 0 Å². The lowest BCUT2D eigenvalue weighted by atomic mass is 9.96. The molecule has 0 spiro atoms. The lowest BCUT2D eigenvalue weighted by molar-refractivity contribution is 0.135. The maximum Gasteiger partial charge on any atom is 0.244 e. The molecule has 0 amide bonds. The molecule has 0 bridgehead atoms. The minimum Gasteiger partial charge on any atom is -0.495 e. The zero-order chi connectivity index (χ0) is 18.6. The van der Waals surface area contributed by atoms with Crippen LogP contribution in [0.15, 0.2) is 23.1 Å². The van der Waals surface area contributed by atoms with Crippen LogP contribution in [0, 0.1) is 5.92 Å². The third kappa shape index (κ3) is 4.59. The highest BCUT2D eigenvalue weighted by molar-refractivity contribution is 7.89. The number of methoxy groups -OCH3 is 1. The second-order valence-corrected chi connectivity index (χ2v) is 9.34. The van der Waals surface area contributed by atoms with E-state index >= 15 is 0 Å². The molecule has 6 heteroatoms. The SMILES string of the molecule is CCc1ccc(OC)c(S(=O)(=O)NCC2CCN(C3CCCC3)CC2)c1. The Labute approximate surface area is 158 Å². The molecular formula is C20H32N2O3S. The van der Waals surface area contributed by atoms with Crippen molar-refractivity contribution in [1.82, 2.24) is 9.62 Å². The number of benzene rings is 1. The summed E-state index contributed by atoms with van der Waals surface area (Å²) < 4.78 is 33.7. The van der Waals surface area contributed by atoms with Crippen LogP contribution < -0.4 is 9.46 Å². The number of hydrogen-bond acceptors (Lipinski definition) is 4. The van der Waals surface area contributed by atoms with E-state index in [1.54, 1.807) is 12.1 Å². The predicted octanol–water partition coefficient (Wildman–Crippen LogP) is 3.19. The standard InChI is InChI=1S/C20H32N2O3S/c1-3-16-8-9-19(25-2)20(14-16)26(23,24)21-15-17-10-12-22(13-11-17)18-6-4-5-7-18/h8-9,14,17-18,21H,3-7,10-13,15H2,1-2H3. The van der Waals surface area contributed by atoms with E-state index in [0.29, 0.717) is 18.2 Å². The molecule has 1 saturated heterocycles. The summed E-state index contributed by atoms with van der Waals surface area (Å²) >= 11 is 0. The van der Waals surface area contributed by atoms with Gasteiger partial charge in [0.25, 0.3) is 0 Å². The average molecular weight is 381 g/mol. The summed E-state index contributed by atoms with van der Waals surface area (Å²) in [4.78, 5) is 2.87. The van der Waals surface area contributed by atoms with E-state index in [0.717, 1.165) is 44.0 Å². The average Bonchev–Trinajstić information content (AvgIpc) is 3.21. The fourth-order valence-electron chi connectivity index (χ4n) is 4.25. The third-order valence-corrected chi connectivity index (χ3v) is 7.42. The van der Waals surface area contributed by atoms with Gasteiger partial charge in [0.2, 0.25) is 10.0 Å². The Balaban J connectivity index is 1.57. The van der Waals surface area contributed by atoms with E-state index < -0.39 is 10.0 Å². The van der Waals surface area contributed by atoms with E-state index in [1.807, 2.05) is 13.0 Å². The summed E-state index contributed by atoms with van der Waals surface area (Å²) in [6, 6.07) is 6.15. The van der Waals surface area contributed by atoms with Crippen LogP contribution >= 0.6 is 0 Å². The second-order valence-electron chi connectivity index (χ2n) is 7.61. The fourth-order valence-corrected chi connectivity index (χ4v) is 5.58. The van der Waals surface area contributed by atoms with E-state index in [1.165, 1.54) is 32.8 Å². The smallest absolute Gasteiger partial charge is 0.244 e. The van der Waals surface area contributed by atoms with Gasteiger partial charge in [-0.25, -0.2) is 13.1 Å². The fraction of sp³-hybridized carbons (Fsp3) is 0.700. The molecule has 1 N–H and O–H groups in total. The molecule has 1 aliphatic carbocycles. The van der Waals surface area contributed by atoms with Gasteiger partial charge in [-0.2, -0.15) is 0 Å². The Morgan fingerprint density at radius 3 is 2.46 bits per heavy atom. The zero-order valence-corrected chi connectivity index (χ0v) is 16.9. The quantitative estimate of drug-likeness (QED) is 0.789. The molecule has 146 valence electrons. The van der Waals surface area contributed by atoms with Crippen molar-refractivity contribution in [2.24, 2.45) is 5.92 Å². The number of ether oxygens (including phenoxy) is 1. The van der Waals surface area contributed by atoms with Crippen molar-refractivity contribution in [3.05, 3.63) is 23.8 Å². The van der Waals surface area contributed by atoms with Gasteiger partial charge in [0.05, 0.1) is 7.11 Å². The molecule has 1 aromatic rings. The maximum absolute atomic E-state index is 12.8. The van der Waals surface area contributed by atoms with Gasteiger partial charge in [-0.05, 0) is 68.8 Å². The summed E-state index contributed by atoms with van der Waals surface area (Å²) in [5.41, 5.74) is 0.996. The van der Waals surface area contributed by atoms with E-state index in [9.17, 15) is 8.42 Å². The minimum atomic E-state index is -3.55. The number of hydrogen-bond donors (Lipinski definition) is 1. The van der Waals surface area contributed by atoms with Crippen molar-refractivity contribution >= 4 is 10.0 Å². The van der Waals surface area contributed by atoms with Crippen LogP contribution in [0.25, 0.3) is 0 Å². The van der Waals surface area contributed by atoms with Crippen LogP contribution in [0.1, 0.15) is 51.0 Å². The normalized spacial score (nSPS) is 20.5. The van der Waals surface area contributed by atoms with E-state index in [-0.39, 0.29) is 4.90 Å². The summed E-state index contributed by atoms with van der Waals surface area (Å²) in [5, 5.41) is 0. The first-order chi connectivity index (χ1) is 12.5. The Morgan fingerprint density at radius 1 is 1.15 bits per heavy atom. The Bertz CT molecular complexity index is 691. The molecule has 2 aliphatic rings. The Kier molecular flexibility index (Phi) is 6.59. The van der Waals surface area contributed by atoms with Gasteiger partial charge in [-0.1, -0.05) is 25.8 Å². The molecule has 5 nitrogen and oxygen atoms in total. The van der Waals surface area contributed by atoms with Gasteiger partial charge in [0.15, 0.2) is 0 Å². The monoisotopic (exact) mass is 380 g/mol. The molecule has 1 aromatic carbocycles. The Morgan fingerprint density at radius 2 is 1.85 bits per heavy atom. The molecule has 2 fully saturated rings. The van der Waals surface area contributed by atoms with Gasteiger partial charge >= 0.3 is 0 Å². The van der Waals surface area contributed by atoms with Crippen LogP contribution in [0.2, 0.25) is 0 Å². The number of nitrogens with zero attached hydrogens (tertiary/aromatic N) is 1. The van der Waals surface area contributed by atoms with Crippen LogP contribution in [-0.4, -0.2) is 46.1 Å². The number of piperidine rings is 1. The van der Waals surface area contributed by atoms with Crippen LogP contribution in [0.4, 0.5) is 0 Å². The third-order valence-electron chi connectivity index (χ3n) is 5.98. The van der Waals surface area contributed by atoms with E-state index in [4.69, 9.17) is 4.74 Å². The number of nitrogens with one attached hydrogen (secondary N) is 1. The predicted molar refractivity (Wildman–Crippen MR) is 104 cm³/mol. The molecular weight excluding hydrogens is 348 g/mol. The van der Waals surface area contributed by atoms with Gasteiger partial charge < -0.3 is 9.64 Å². The highest BCUT2D eigenvalue weighted by Gasteiger charge is 2.28. The number of sulfonamides is 1. The summed E-state index contributed by atoms with van der Waals surface area (Å²) in [7, 11) is -2.04. The molecule has 26 heavy (non-hydrogen) atoms. The maximum atomic E-state index is 12.8. The van der Waals surface area contributed by atoms with E-state index in [2.05, 4.69) is 9.62 Å². The minimum absolute atomic E-state index is 0.253. The Hall–Kier alpha value is -1.11. The number of rotatable bonds is 7. The molecule has 0 radical (unpaired) electrons. The van der Waals surface area contributed by atoms with Gasteiger partial charge in [0.1, 0.15) is 10.6 Å². The molecule has 0 unspecified atom stereocenters. The molecule has 1 aliphatic heterocycles. The second kappa shape index (κ2) is 8.72. The molecule has 3 rings (SSSR count). The zero-order valence-electron chi connectivity index (χ0n) is 16.0. The van der Waals surface area contributed by atoms with Crippen LogP contribution in [0.3, 0.4) is 0 Å². The van der Waals surface area contributed by atoms with Crippen molar-refractivity contribution in [2.45, 2.75) is 62.8 Å². The number of aryl methyl sites for hydroxylation is 1. The van der Waals surface area contributed by atoms with Crippen molar-refractivity contribution < 1.29 is 13.2 Å². The molecule has 0 aromatic heterocycles. The molecule has 1 heterocycles. The first-order valence-electron chi connectivity index (χ1n) is 9.94. The highest BCUT2D eigenvalue weighted by atomic mass is 32.2.